The Bertz CT molecular complexity index is 581. The first-order valence-electron chi connectivity index (χ1n) is 11.5. The number of carbonyl (C=O) groups is 1. The summed E-state index contributed by atoms with van der Waals surface area (Å²) in [5, 5.41) is 8.67. The maximum absolute atomic E-state index is 10.7. The zero-order chi connectivity index (χ0) is 21.5. The van der Waals surface area contributed by atoms with E-state index in [4.69, 9.17) is 13.3 Å². The lowest BCUT2D eigenvalue weighted by atomic mass is 10.1. The topological polar surface area (TPSA) is 37.3 Å². The molecule has 126 valence electrons. The van der Waals surface area contributed by atoms with Crippen molar-refractivity contribution in [1.82, 2.24) is 0 Å². The molecule has 0 aromatic rings. The zero-order valence-corrected chi connectivity index (χ0v) is 13.8. The van der Waals surface area contributed by atoms with Gasteiger partial charge in [0, 0.05) is 6.05 Å². The van der Waals surface area contributed by atoms with Crippen LogP contribution >= 0.6 is 0 Å². The van der Waals surface area contributed by atoms with E-state index in [0.29, 0.717) is 6.42 Å². The predicted molar refractivity (Wildman–Crippen MR) is 96.1 cm³/mol. The van der Waals surface area contributed by atoms with E-state index in [9.17, 15) is 4.79 Å². The number of hydrogen-bond donors (Lipinski definition) is 1. The van der Waals surface area contributed by atoms with Crippen molar-refractivity contribution in [3.05, 3.63) is 36.3 Å². The highest BCUT2D eigenvalue weighted by Gasteiger charge is 1.92. The van der Waals surface area contributed by atoms with Crippen LogP contribution in [0.5, 0.6) is 0 Å². The molecule has 0 heterocycles. The summed E-state index contributed by atoms with van der Waals surface area (Å²) in [7, 11) is 0. The molecule has 0 amide bonds. The normalized spacial score (nSPS) is 18.6. The summed E-state index contributed by atoms with van der Waals surface area (Å²) in [6.07, 6.45) is 13.2. The second-order valence-corrected chi connectivity index (χ2v) is 5.39. The van der Waals surface area contributed by atoms with E-state index >= 15 is 0 Å². The van der Waals surface area contributed by atoms with Crippen molar-refractivity contribution in [2.45, 2.75) is 84.0 Å². The van der Waals surface area contributed by atoms with Crippen LogP contribution in [0.25, 0.3) is 0 Å². The average molecular weight is 313 g/mol. The first kappa shape index (κ1) is 12.2. The average Bonchev–Trinajstić information content (AvgIpc) is 2.68. The van der Waals surface area contributed by atoms with Crippen LogP contribution in [-0.2, 0) is 4.79 Å². The summed E-state index contributed by atoms with van der Waals surface area (Å²) in [5.74, 6) is -1.66. The van der Waals surface area contributed by atoms with Crippen LogP contribution < -0.4 is 0 Å². The van der Waals surface area contributed by atoms with E-state index in [1.807, 2.05) is 0 Å². The summed E-state index contributed by atoms with van der Waals surface area (Å²) in [6, 6.07) is -4.12. The van der Waals surface area contributed by atoms with Gasteiger partial charge in [0.1, 0.15) is 0 Å². The Hall–Kier alpha value is -1.31. The number of rotatable bonds is 15. The smallest absolute Gasteiger partial charge is 0.328 e. The molecule has 0 aromatic carbocycles. The van der Waals surface area contributed by atoms with Gasteiger partial charge in [0.15, 0.2) is 0 Å². The molecule has 2 nitrogen and oxygen atoms in total. The van der Waals surface area contributed by atoms with Gasteiger partial charge in [0.2, 0.25) is 0 Å². The molecule has 2 heteroatoms. The Morgan fingerprint density at radius 2 is 1.32 bits per heavy atom. The van der Waals surface area contributed by atoms with Gasteiger partial charge in [0.25, 0.3) is 0 Å². The lowest BCUT2D eigenvalue weighted by molar-refractivity contribution is -0.131. The number of hydrogen-bond acceptors (Lipinski definition) is 1. The molecule has 0 bridgehead atoms. The molecule has 0 atom stereocenters. The molecule has 0 aromatic heterocycles. The number of allylic oxidation sites excluding steroid dienone is 5. The fourth-order valence-electron chi connectivity index (χ4n) is 2.13. The molecule has 0 saturated heterocycles. The van der Waals surface area contributed by atoms with E-state index < -0.39 is 36.2 Å². The molecule has 0 aliphatic heterocycles. The van der Waals surface area contributed by atoms with Gasteiger partial charge in [-0.15, -0.1) is 0 Å². The second-order valence-electron chi connectivity index (χ2n) is 5.39. The van der Waals surface area contributed by atoms with Gasteiger partial charge in [-0.05, 0) is 12.8 Å². The van der Waals surface area contributed by atoms with Crippen LogP contribution in [0.15, 0.2) is 36.3 Å². The summed E-state index contributed by atoms with van der Waals surface area (Å²) < 4.78 is 45.7. The van der Waals surface area contributed by atoms with Crippen LogP contribution in [0, 0.1) is 0 Å². The van der Waals surface area contributed by atoms with Gasteiger partial charge in [-0.3, -0.25) is 0 Å². The lowest BCUT2D eigenvalue weighted by Gasteiger charge is -2.01. The van der Waals surface area contributed by atoms with E-state index in [1.54, 1.807) is 0 Å². The van der Waals surface area contributed by atoms with Crippen molar-refractivity contribution < 1.29 is 18.1 Å². The second kappa shape index (κ2) is 17.7. The van der Waals surface area contributed by atoms with E-state index in [-0.39, 0.29) is 6.05 Å². The van der Waals surface area contributed by atoms with Gasteiger partial charge in [-0.1, -0.05) is 101 Å². The van der Waals surface area contributed by atoms with Crippen LogP contribution in [-0.4, -0.2) is 11.1 Å². The Morgan fingerprint density at radius 1 is 0.818 bits per heavy atom. The minimum atomic E-state index is -1.66. The monoisotopic (exact) mass is 312 g/mol. The molecule has 22 heavy (non-hydrogen) atoms. The first-order valence-corrected chi connectivity index (χ1v) is 8.49. The Labute approximate surface area is 145 Å². The molecule has 0 unspecified atom stereocenters. The third-order valence-corrected chi connectivity index (χ3v) is 3.35. The summed E-state index contributed by atoms with van der Waals surface area (Å²) in [5.41, 5.74) is 0. The number of aliphatic carboxylic acids is 1. The van der Waals surface area contributed by atoms with Crippen molar-refractivity contribution in [3.8, 4) is 0 Å². The third-order valence-electron chi connectivity index (χ3n) is 3.35. The molecular formula is C20H34O2. The Morgan fingerprint density at radius 3 is 1.86 bits per heavy atom. The highest BCUT2D eigenvalue weighted by atomic mass is 16.4. The molecule has 0 aliphatic rings. The maximum Gasteiger partial charge on any atom is 0.328 e. The Kier molecular flexibility index (Phi) is 9.80. The SMILES string of the molecule is [2H]C(CCCCCCCCCCCCC)=C([2H])C([2H])=C([2H])C([2H])=C([2H])C(=O)O. The summed E-state index contributed by atoms with van der Waals surface area (Å²) in [6.45, 7) is 2.21. The summed E-state index contributed by atoms with van der Waals surface area (Å²) >= 11 is 0. The maximum atomic E-state index is 10.7. The van der Waals surface area contributed by atoms with E-state index in [1.165, 1.54) is 44.9 Å². The van der Waals surface area contributed by atoms with Crippen molar-refractivity contribution in [3.63, 3.8) is 0 Å². The van der Waals surface area contributed by atoms with E-state index in [0.717, 1.165) is 25.7 Å². The molecule has 0 spiro atoms. The molecule has 1 N–H and O–H groups in total. The molecule has 0 aliphatic carbocycles. The fraction of sp³-hybridized carbons (Fsp3) is 0.650. The van der Waals surface area contributed by atoms with Crippen molar-refractivity contribution in [2.75, 3.05) is 0 Å². The van der Waals surface area contributed by atoms with Gasteiger partial charge >= 0.3 is 5.97 Å². The van der Waals surface area contributed by atoms with Crippen LogP contribution in [0.4, 0.5) is 0 Å². The zero-order valence-electron chi connectivity index (χ0n) is 19.8. The van der Waals surface area contributed by atoms with Gasteiger partial charge in [0.05, 0.1) is 8.22 Å². The number of carboxylic acids is 1. The predicted octanol–water partition coefficient (Wildman–Crippen LogP) is 6.44. The largest absolute Gasteiger partial charge is 0.478 e. The molecule has 0 rings (SSSR count). The molecule has 0 saturated carbocycles. The molecular weight excluding hydrogens is 272 g/mol. The standard InChI is InChI=1S/C20H34O2/c1-2-3-4-5-6-7-8-9-10-11-12-13-14-15-16-17-18-19-20(21)22/h14-19H,2-13H2,1H3,(H,21,22)/i14D,15D,16D,17D,18D,19D. The fourth-order valence-corrected chi connectivity index (χ4v) is 2.13. The van der Waals surface area contributed by atoms with Crippen LogP contribution in [0.3, 0.4) is 0 Å². The van der Waals surface area contributed by atoms with Crippen molar-refractivity contribution >= 4 is 5.97 Å². The minimum Gasteiger partial charge on any atom is -0.478 e. The quantitative estimate of drug-likeness (QED) is 0.214. The minimum absolute atomic E-state index is 0.0969. The Balaban J connectivity index is 4.30. The van der Waals surface area contributed by atoms with Crippen LogP contribution in [0.1, 0.15) is 92.2 Å². The van der Waals surface area contributed by atoms with Gasteiger partial charge in [-0.2, -0.15) is 0 Å². The molecule has 0 fully saturated rings. The van der Waals surface area contributed by atoms with Crippen LogP contribution in [0.2, 0.25) is 0 Å². The van der Waals surface area contributed by atoms with Crippen molar-refractivity contribution in [2.24, 2.45) is 0 Å². The van der Waals surface area contributed by atoms with Crippen molar-refractivity contribution in [1.29, 1.82) is 0 Å². The highest BCUT2D eigenvalue weighted by Crippen LogP contribution is 2.11. The number of unbranched alkanes of at least 4 members (excludes halogenated alkanes) is 10. The first-order chi connectivity index (χ1) is 13.2. The van der Waals surface area contributed by atoms with E-state index in [2.05, 4.69) is 6.92 Å². The van der Waals surface area contributed by atoms with Gasteiger partial charge in [-0.25, -0.2) is 4.79 Å². The lowest BCUT2D eigenvalue weighted by Crippen LogP contribution is -1.84. The van der Waals surface area contributed by atoms with Gasteiger partial charge < -0.3 is 5.11 Å². The number of carboxylic acid groups (broad SMARTS) is 1. The third kappa shape index (κ3) is 18.7. The molecule has 0 radical (unpaired) electrons. The highest BCUT2D eigenvalue weighted by molar-refractivity contribution is 5.80. The summed E-state index contributed by atoms with van der Waals surface area (Å²) in [4.78, 5) is 10.7.